The third-order valence-corrected chi connectivity index (χ3v) is 8.43. The summed E-state index contributed by atoms with van der Waals surface area (Å²) in [4.78, 5) is 16.3. The highest BCUT2D eigenvalue weighted by molar-refractivity contribution is 7.52. The highest BCUT2D eigenvalue weighted by atomic mass is 31.2. The number of hydrogen-bond donors (Lipinski definition) is 4. The second-order valence-corrected chi connectivity index (χ2v) is 11.6. The molecule has 2 aromatic heterocycles. The zero-order chi connectivity index (χ0) is 27.6. The summed E-state index contributed by atoms with van der Waals surface area (Å²) in [5.74, 6) is -0.0973. The molecule has 39 heavy (non-hydrogen) atoms. The molecule has 5 N–H and O–H groups in total. The lowest BCUT2D eigenvalue weighted by molar-refractivity contribution is -0.147. The largest absolute Gasteiger partial charge is 0.461 e. The maximum Gasteiger partial charge on any atom is 0.459 e. The Balaban J connectivity index is 1.30. The Bertz CT molecular complexity index is 1350. The average Bonchev–Trinajstić information content (AvgIpc) is 3.64. The molecular formula is C25H32N5O8P. The van der Waals surface area contributed by atoms with Crippen LogP contribution in [0.1, 0.15) is 44.4 Å². The number of nitrogens with zero attached hydrogens (tertiary/aromatic N) is 3. The summed E-state index contributed by atoms with van der Waals surface area (Å²) in [6.45, 7) is 0.654. The lowest BCUT2D eigenvalue weighted by Gasteiger charge is -2.29. The van der Waals surface area contributed by atoms with Crippen molar-refractivity contribution in [2.45, 2.75) is 62.6 Å². The number of hydrogen-bond acceptors (Lipinski definition) is 11. The number of esters is 1. The molecule has 3 heterocycles. The van der Waals surface area contributed by atoms with E-state index < -0.39 is 50.8 Å². The minimum Gasteiger partial charge on any atom is -0.461 e. The van der Waals surface area contributed by atoms with Gasteiger partial charge in [0.1, 0.15) is 54.2 Å². The predicted octanol–water partition coefficient (Wildman–Crippen LogP) is 2.14. The molecule has 0 bridgehead atoms. The molecule has 2 fully saturated rings. The number of benzene rings is 1. The molecule has 0 radical (unpaired) electrons. The Morgan fingerprint density at radius 3 is 2.72 bits per heavy atom. The second-order valence-electron chi connectivity index (χ2n) is 9.89. The first-order chi connectivity index (χ1) is 18.7. The van der Waals surface area contributed by atoms with Crippen LogP contribution in [0.25, 0.3) is 5.52 Å². The molecule has 13 nitrogen and oxygen atoms in total. The summed E-state index contributed by atoms with van der Waals surface area (Å²) in [5, 5.41) is 28.5. The van der Waals surface area contributed by atoms with Gasteiger partial charge in [0.2, 0.25) is 0 Å². The fraction of sp³-hybridized carbons (Fsp3) is 0.480. The zero-order valence-electron chi connectivity index (χ0n) is 21.4. The Morgan fingerprint density at radius 2 is 1.97 bits per heavy atom. The van der Waals surface area contributed by atoms with Crippen LogP contribution in [-0.4, -0.2) is 67.8 Å². The molecule has 5 atom stereocenters. The minimum absolute atomic E-state index is 0.153. The summed E-state index contributed by atoms with van der Waals surface area (Å²) >= 11 is 0. The SMILES string of the molecule is C[C@]1(COP(=O)(NCC(=O)OC2CCCC2)Oc2ccccc2)O[C@@H](c2ccc3c(N)ncnn23)[C@H](O)[C@@H]1O. The van der Waals surface area contributed by atoms with Crippen LogP contribution in [0.15, 0.2) is 48.8 Å². The smallest absolute Gasteiger partial charge is 0.459 e. The number of nitrogens with one attached hydrogen (secondary N) is 1. The summed E-state index contributed by atoms with van der Waals surface area (Å²) in [7, 11) is -4.17. The molecule has 14 heteroatoms. The monoisotopic (exact) mass is 561 g/mol. The molecule has 1 saturated heterocycles. The number of ether oxygens (including phenoxy) is 2. The average molecular weight is 562 g/mol. The number of aromatic nitrogens is 3. The van der Waals surface area contributed by atoms with E-state index in [1.54, 1.807) is 42.5 Å². The standard InChI is InChI=1S/C25H32N5O8P/c1-25(23(33)21(32)22(37-25)18-11-12-19-24(26)27-15-28-30(18)19)14-35-39(34,38-17-9-3-2-4-10-17)29-13-20(31)36-16-7-5-6-8-16/h2-4,9-12,15-16,21-23,32-33H,5-8,13-14H2,1H3,(H,29,34)(H2,26,27,28)/t21-,22-,23-,25+,39?/m0/s1. The van der Waals surface area contributed by atoms with Crippen molar-refractivity contribution in [3.05, 3.63) is 54.5 Å². The maximum absolute atomic E-state index is 13.7. The number of nitrogens with two attached hydrogens (primary N) is 1. The molecule has 1 aliphatic carbocycles. The first-order valence-corrected chi connectivity index (χ1v) is 14.3. The summed E-state index contributed by atoms with van der Waals surface area (Å²) in [6.07, 6.45) is 0.913. The van der Waals surface area contributed by atoms with E-state index in [-0.39, 0.29) is 17.7 Å². The lowest BCUT2D eigenvalue weighted by atomic mass is 9.97. The van der Waals surface area contributed by atoms with Gasteiger partial charge in [-0.05, 0) is 56.9 Å². The molecule has 1 saturated carbocycles. The van der Waals surface area contributed by atoms with Gasteiger partial charge in [0.25, 0.3) is 0 Å². The van der Waals surface area contributed by atoms with Crippen LogP contribution >= 0.6 is 7.75 Å². The van der Waals surface area contributed by atoms with Gasteiger partial charge < -0.3 is 29.9 Å². The van der Waals surface area contributed by atoms with Gasteiger partial charge in [0.15, 0.2) is 5.82 Å². The van der Waals surface area contributed by atoms with Gasteiger partial charge in [0, 0.05) is 0 Å². The van der Waals surface area contributed by atoms with Crippen molar-refractivity contribution >= 4 is 25.1 Å². The normalized spacial score (nSPS) is 27.0. The summed E-state index contributed by atoms with van der Waals surface area (Å²) in [5.41, 5.74) is 5.35. The number of fused-ring (bicyclic) bond motifs is 1. The number of carbonyl (C=O) groups excluding carboxylic acids is 1. The summed E-state index contributed by atoms with van der Waals surface area (Å²) in [6, 6.07) is 11.7. The maximum atomic E-state index is 13.7. The van der Waals surface area contributed by atoms with E-state index in [9.17, 15) is 19.6 Å². The zero-order valence-corrected chi connectivity index (χ0v) is 22.3. The van der Waals surface area contributed by atoms with Gasteiger partial charge >= 0.3 is 13.7 Å². The highest BCUT2D eigenvalue weighted by Crippen LogP contribution is 2.48. The van der Waals surface area contributed by atoms with E-state index in [2.05, 4.69) is 15.2 Å². The topological polar surface area (TPSA) is 180 Å². The van der Waals surface area contributed by atoms with Crippen LogP contribution in [0.5, 0.6) is 5.75 Å². The van der Waals surface area contributed by atoms with Crippen molar-refractivity contribution in [1.29, 1.82) is 0 Å². The van der Waals surface area contributed by atoms with E-state index in [0.29, 0.717) is 11.2 Å². The fourth-order valence-corrected chi connectivity index (χ4v) is 6.19. The second kappa shape index (κ2) is 11.2. The van der Waals surface area contributed by atoms with Gasteiger partial charge in [-0.15, -0.1) is 0 Å². The van der Waals surface area contributed by atoms with Crippen LogP contribution in [0, 0.1) is 0 Å². The molecule has 1 unspecified atom stereocenters. The first-order valence-electron chi connectivity index (χ1n) is 12.7. The van der Waals surface area contributed by atoms with Gasteiger partial charge in [-0.2, -0.15) is 5.10 Å². The number of anilines is 1. The molecule has 1 aromatic carbocycles. The Kier molecular flexibility index (Phi) is 7.90. The fourth-order valence-electron chi connectivity index (χ4n) is 4.83. The number of para-hydroxylation sites is 1. The quantitative estimate of drug-likeness (QED) is 0.210. The number of carbonyl (C=O) groups is 1. The number of nitrogen functional groups attached to an aromatic ring is 1. The third-order valence-electron chi connectivity index (χ3n) is 6.97. The van der Waals surface area contributed by atoms with Crippen molar-refractivity contribution in [2.75, 3.05) is 18.9 Å². The lowest BCUT2D eigenvalue weighted by Crippen LogP contribution is -2.44. The molecule has 0 amide bonds. The molecular weight excluding hydrogens is 529 g/mol. The van der Waals surface area contributed by atoms with Gasteiger partial charge in [-0.1, -0.05) is 18.2 Å². The number of aliphatic hydroxyl groups excluding tert-OH is 2. The van der Waals surface area contributed by atoms with Crippen LogP contribution in [0.2, 0.25) is 0 Å². The Hall–Kier alpha value is -3.06. The van der Waals surface area contributed by atoms with E-state index >= 15 is 0 Å². The third kappa shape index (κ3) is 5.93. The van der Waals surface area contributed by atoms with Gasteiger partial charge in [-0.3, -0.25) is 9.32 Å². The highest BCUT2D eigenvalue weighted by Gasteiger charge is 2.53. The van der Waals surface area contributed by atoms with E-state index in [1.165, 1.54) is 17.8 Å². The van der Waals surface area contributed by atoms with Crippen LogP contribution in [0.4, 0.5) is 5.82 Å². The number of aliphatic hydroxyl groups is 2. The molecule has 5 rings (SSSR count). The molecule has 2 aliphatic rings. The van der Waals surface area contributed by atoms with Crippen molar-refractivity contribution in [1.82, 2.24) is 19.7 Å². The van der Waals surface area contributed by atoms with Crippen LogP contribution in [-0.2, 0) is 23.4 Å². The van der Waals surface area contributed by atoms with Crippen molar-refractivity contribution < 1.29 is 38.1 Å². The van der Waals surface area contributed by atoms with Gasteiger partial charge in [0.05, 0.1) is 12.3 Å². The van der Waals surface area contributed by atoms with Crippen molar-refractivity contribution in [3.8, 4) is 5.75 Å². The van der Waals surface area contributed by atoms with Gasteiger partial charge in [-0.25, -0.2) is 19.2 Å². The number of rotatable bonds is 10. The Morgan fingerprint density at radius 1 is 1.23 bits per heavy atom. The molecule has 0 spiro atoms. The molecule has 3 aromatic rings. The summed E-state index contributed by atoms with van der Waals surface area (Å²) < 4.78 is 38.1. The first kappa shape index (κ1) is 27.5. The minimum atomic E-state index is -4.17. The van der Waals surface area contributed by atoms with Crippen molar-refractivity contribution in [2.24, 2.45) is 0 Å². The van der Waals surface area contributed by atoms with E-state index in [4.69, 9.17) is 24.3 Å². The van der Waals surface area contributed by atoms with Crippen LogP contribution in [0.3, 0.4) is 0 Å². The predicted molar refractivity (Wildman–Crippen MR) is 139 cm³/mol. The van der Waals surface area contributed by atoms with Crippen LogP contribution < -0.4 is 15.3 Å². The van der Waals surface area contributed by atoms with E-state index in [1.807, 2.05) is 0 Å². The van der Waals surface area contributed by atoms with E-state index in [0.717, 1.165) is 25.7 Å². The molecule has 210 valence electrons. The van der Waals surface area contributed by atoms with Crippen molar-refractivity contribution in [3.63, 3.8) is 0 Å². The molecule has 1 aliphatic heterocycles. The Labute approximate surface area is 224 Å².